The molecule has 0 aromatic rings. The Hall–Kier alpha value is -1.21. The number of hydrogen-bond acceptors (Lipinski definition) is 3. The van der Waals surface area contributed by atoms with Gasteiger partial charge in [0.1, 0.15) is 6.07 Å². The molecule has 3 nitrogen and oxygen atoms in total. The Labute approximate surface area is 93.9 Å². The average Bonchev–Trinajstić information content (AvgIpc) is 2.25. The van der Waals surface area contributed by atoms with E-state index in [-0.39, 0.29) is 17.3 Å². The fraction of sp³-hybridized carbons (Fsp3) is 0.667. The Balaban J connectivity index is 2.39. The minimum atomic E-state index is -1.29. The summed E-state index contributed by atoms with van der Waals surface area (Å²) < 4.78 is 18.4. The van der Waals surface area contributed by atoms with Crippen molar-refractivity contribution < 1.29 is 13.9 Å². The van der Waals surface area contributed by atoms with Crippen LogP contribution in [0.5, 0.6) is 0 Å². The molecule has 16 heavy (non-hydrogen) atoms. The number of ether oxygens (including phenoxy) is 1. The van der Waals surface area contributed by atoms with Crippen LogP contribution in [0.1, 0.15) is 26.7 Å². The number of Topliss-reactive ketones (excluding diaryl/α,β-unsaturated/α-hetero) is 1. The second kappa shape index (κ2) is 3.67. The number of nitriles is 1. The molecule has 1 aliphatic carbocycles. The number of halogens is 1. The Morgan fingerprint density at radius 1 is 1.56 bits per heavy atom. The highest BCUT2D eigenvalue weighted by Crippen LogP contribution is 2.43. The smallest absolute Gasteiger partial charge is 0.199 e. The number of hydrogen-bond donors (Lipinski definition) is 0. The summed E-state index contributed by atoms with van der Waals surface area (Å²) in [6.07, 6.45) is 0.879. The third-order valence-corrected chi connectivity index (χ3v) is 3.45. The van der Waals surface area contributed by atoms with Crippen LogP contribution in [0.25, 0.3) is 0 Å². The molecule has 0 bridgehead atoms. The molecule has 0 saturated carbocycles. The summed E-state index contributed by atoms with van der Waals surface area (Å²) in [6.45, 7) is 3.44. The van der Waals surface area contributed by atoms with Crippen molar-refractivity contribution in [1.82, 2.24) is 0 Å². The fourth-order valence-corrected chi connectivity index (χ4v) is 2.53. The summed E-state index contributed by atoms with van der Waals surface area (Å²) in [7, 11) is 0. The lowest BCUT2D eigenvalue weighted by molar-refractivity contribution is -0.179. The number of allylic oxidation sites excluding steroid dienone is 1. The molecular formula is C12H14FNO2. The first-order valence-corrected chi connectivity index (χ1v) is 5.43. The van der Waals surface area contributed by atoms with Gasteiger partial charge in [-0.1, -0.05) is 6.08 Å². The fourth-order valence-electron chi connectivity index (χ4n) is 2.53. The van der Waals surface area contributed by atoms with Gasteiger partial charge in [-0.3, -0.25) is 4.79 Å². The lowest BCUT2D eigenvalue weighted by atomic mass is 9.67. The number of fused-ring (bicyclic) bond motifs is 1. The molecular weight excluding hydrogens is 209 g/mol. The second-order valence-electron chi connectivity index (χ2n) is 4.95. The van der Waals surface area contributed by atoms with Crippen molar-refractivity contribution in [3.8, 4) is 6.07 Å². The van der Waals surface area contributed by atoms with Gasteiger partial charge in [-0.05, 0) is 20.3 Å². The van der Waals surface area contributed by atoms with Gasteiger partial charge in [0, 0.05) is 12.3 Å². The molecule has 1 heterocycles. The highest BCUT2D eigenvalue weighted by Gasteiger charge is 2.49. The van der Waals surface area contributed by atoms with Crippen molar-refractivity contribution in [3.05, 3.63) is 11.6 Å². The normalized spacial score (nSPS) is 37.2. The van der Waals surface area contributed by atoms with Gasteiger partial charge < -0.3 is 4.74 Å². The monoisotopic (exact) mass is 223 g/mol. The van der Waals surface area contributed by atoms with Gasteiger partial charge in [-0.2, -0.15) is 5.26 Å². The van der Waals surface area contributed by atoms with Crippen LogP contribution >= 0.6 is 0 Å². The van der Waals surface area contributed by atoms with Crippen molar-refractivity contribution in [2.45, 2.75) is 39.2 Å². The van der Waals surface area contributed by atoms with E-state index in [1.807, 2.05) is 6.07 Å². The van der Waals surface area contributed by atoms with Crippen LogP contribution in [-0.2, 0) is 9.53 Å². The van der Waals surface area contributed by atoms with Gasteiger partial charge >= 0.3 is 0 Å². The predicted octanol–water partition coefficient (Wildman–Crippen LogP) is 2.14. The molecule has 0 spiro atoms. The van der Waals surface area contributed by atoms with Gasteiger partial charge in [-0.15, -0.1) is 0 Å². The van der Waals surface area contributed by atoms with Gasteiger partial charge in [0.25, 0.3) is 0 Å². The van der Waals surface area contributed by atoms with Crippen molar-refractivity contribution in [2.75, 3.05) is 0 Å². The molecule has 86 valence electrons. The van der Waals surface area contributed by atoms with E-state index in [1.54, 1.807) is 19.9 Å². The zero-order valence-corrected chi connectivity index (χ0v) is 9.37. The topological polar surface area (TPSA) is 50.1 Å². The lowest BCUT2D eigenvalue weighted by Crippen LogP contribution is -2.50. The molecule has 3 atom stereocenters. The first-order valence-electron chi connectivity index (χ1n) is 5.43. The number of carbonyl (C=O) groups excluding carboxylic acids is 1. The maximum absolute atomic E-state index is 13.2. The molecule has 2 aliphatic rings. The largest absolute Gasteiger partial charge is 0.343 e. The van der Waals surface area contributed by atoms with Gasteiger partial charge in [0.2, 0.25) is 0 Å². The Kier molecular flexibility index (Phi) is 2.59. The Bertz CT molecular complexity index is 394. The minimum Gasteiger partial charge on any atom is -0.343 e. The van der Waals surface area contributed by atoms with E-state index >= 15 is 0 Å². The van der Waals surface area contributed by atoms with Crippen LogP contribution in [0, 0.1) is 22.7 Å². The molecule has 4 heteroatoms. The predicted molar refractivity (Wildman–Crippen MR) is 55.0 cm³/mol. The van der Waals surface area contributed by atoms with E-state index in [4.69, 9.17) is 10.00 Å². The maximum atomic E-state index is 13.2. The van der Waals surface area contributed by atoms with Crippen molar-refractivity contribution in [3.63, 3.8) is 0 Å². The second-order valence-corrected chi connectivity index (χ2v) is 4.95. The third kappa shape index (κ3) is 1.56. The zero-order valence-electron chi connectivity index (χ0n) is 9.37. The van der Waals surface area contributed by atoms with E-state index in [1.165, 1.54) is 0 Å². The SMILES string of the molecule is CC1(C)C(=O)C(C#N)=CC2CC[C@H](F)OC21. The molecule has 0 aromatic carbocycles. The lowest BCUT2D eigenvalue weighted by Gasteiger charge is -2.43. The van der Waals surface area contributed by atoms with Crippen molar-refractivity contribution >= 4 is 5.78 Å². The number of rotatable bonds is 0. The average molecular weight is 223 g/mol. The maximum Gasteiger partial charge on any atom is 0.199 e. The van der Waals surface area contributed by atoms with E-state index in [0.29, 0.717) is 12.8 Å². The van der Waals surface area contributed by atoms with Crippen molar-refractivity contribution in [1.29, 1.82) is 5.26 Å². The molecule has 2 rings (SSSR count). The number of ketones is 1. The molecule has 0 aromatic heterocycles. The summed E-state index contributed by atoms with van der Waals surface area (Å²) in [4.78, 5) is 11.9. The Morgan fingerprint density at radius 3 is 2.88 bits per heavy atom. The number of carbonyl (C=O) groups is 1. The highest BCUT2D eigenvalue weighted by atomic mass is 19.1. The van der Waals surface area contributed by atoms with Crippen LogP contribution < -0.4 is 0 Å². The molecule has 1 fully saturated rings. The summed E-state index contributed by atoms with van der Waals surface area (Å²) in [5, 5.41) is 8.88. The number of nitrogens with zero attached hydrogens (tertiary/aromatic N) is 1. The zero-order chi connectivity index (χ0) is 11.9. The van der Waals surface area contributed by atoms with Crippen LogP contribution in [0.2, 0.25) is 0 Å². The molecule has 0 amide bonds. The third-order valence-electron chi connectivity index (χ3n) is 3.45. The standard InChI is InChI=1S/C12H14FNO2/c1-12(2)10(15)8(6-14)5-7-3-4-9(13)16-11(7)12/h5,7,9,11H,3-4H2,1-2H3/t7?,9-,11?/m1/s1. The van der Waals surface area contributed by atoms with Crippen molar-refractivity contribution in [2.24, 2.45) is 11.3 Å². The molecule has 0 N–H and O–H groups in total. The molecule has 1 aliphatic heterocycles. The first-order chi connectivity index (χ1) is 7.46. The summed E-state index contributed by atoms with van der Waals surface area (Å²) >= 11 is 0. The molecule has 2 unspecified atom stereocenters. The quantitative estimate of drug-likeness (QED) is 0.632. The summed E-state index contributed by atoms with van der Waals surface area (Å²) in [5.41, 5.74) is -0.623. The van der Waals surface area contributed by atoms with E-state index in [9.17, 15) is 9.18 Å². The van der Waals surface area contributed by atoms with Crippen LogP contribution in [0.3, 0.4) is 0 Å². The number of alkyl halides is 1. The van der Waals surface area contributed by atoms with Crippen LogP contribution in [0.15, 0.2) is 11.6 Å². The first kappa shape index (κ1) is 11.3. The summed E-state index contributed by atoms with van der Waals surface area (Å²) in [6, 6.07) is 1.92. The molecule has 0 radical (unpaired) electrons. The highest BCUT2D eigenvalue weighted by molar-refractivity contribution is 6.04. The van der Waals surface area contributed by atoms with Gasteiger partial charge in [0.15, 0.2) is 12.1 Å². The summed E-state index contributed by atoms with van der Waals surface area (Å²) in [5.74, 6) is -0.264. The Morgan fingerprint density at radius 2 is 2.25 bits per heavy atom. The molecule has 1 saturated heterocycles. The van der Waals surface area contributed by atoms with Gasteiger partial charge in [-0.25, -0.2) is 4.39 Å². The van der Waals surface area contributed by atoms with Crippen LogP contribution in [0.4, 0.5) is 4.39 Å². The van der Waals surface area contributed by atoms with Gasteiger partial charge in [0.05, 0.1) is 17.1 Å². The van der Waals surface area contributed by atoms with E-state index < -0.39 is 17.9 Å². The minimum absolute atomic E-state index is 0.0191. The van der Waals surface area contributed by atoms with E-state index in [2.05, 4.69) is 0 Å². The van der Waals surface area contributed by atoms with Crippen LogP contribution in [-0.4, -0.2) is 18.2 Å². The van der Waals surface area contributed by atoms with E-state index in [0.717, 1.165) is 0 Å².